The molecule has 2 aromatic heterocycles. The van der Waals surface area contributed by atoms with Crippen molar-refractivity contribution in [3.8, 4) is 0 Å². The SMILES string of the molecule is Cc1csc(Nc2cc([C@@H]3CCCCN3CCO)nc(C)n2)n1. The van der Waals surface area contributed by atoms with Gasteiger partial charge in [0.15, 0.2) is 5.13 Å². The number of aromatic nitrogens is 3. The number of anilines is 2. The van der Waals surface area contributed by atoms with Crippen LogP contribution in [0.1, 0.15) is 42.5 Å². The van der Waals surface area contributed by atoms with Crippen LogP contribution in [0.15, 0.2) is 11.4 Å². The van der Waals surface area contributed by atoms with Crippen molar-refractivity contribution < 1.29 is 5.11 Å². The summed E-state index contributed by atoms with van der Waals surface area (Å²) in [6.45, 7) is 5.79. The number of hydrogen-bond donors (Lipinski definition) is 2. The Kier molecular flexibility index (Phi) is 5.20. The number of aliphatic hydroxyl groups excluding tert-OH is 1. The van der Waals surface area contributed by atoms with Gasteiger partial charge in [-0.05, 0) is 33.2 Å². The second-order valence-corrected chi connectivity index (χ2v) is 6.77. The summed E-state index contributed by atoms with van der Waals surface area (Å²) in [6.07, 6.45) is 3.46. The summed E-state index contributed by atoms with van der Waals surface area (Å²) in [5, 5.41) is 15.4. The van der Waals surface area contributed by atoms with Crippen LogP contribution in [-0.2, 0) is 0 Å². The van der Waals surface area contributed by atoms with Crippen molar-refractivity contribution in [3.63, 3.8) is 0 Å². The van der Waals surface area contributed by atoms with Gasteiger partial charge in [-0.15, -0.1) is 11.3 Å². The van der Waals surface area contributed by atoms with Gasteiger partial charge in [-0.25, -0.2) is 15.0 Å². The average Bonchev–Trinajstić information content (AvgIpc) is 2.92. The van der Waals surface area contributed by atoms with Gasteiger partial charge in [0.2, 0.25) is 0 Å². The number of aryl methyl sites for hydroxylation is 2. The highest BCUT2D eigenvalue weighted by Crippen LogP contribution is 2.31. The Morgan fingerprint density at radius 2 is 2.17 bits per heavy atom. The van der Waals surface area contributed by atoms with Crippen LogP contribution in [-0.4, -0.2) is 44.7 Å². The second kappa shape index (κ2) is 7.33. The summed E-state index contributed by atoms with van der Waals surface area (Å²) in [5.74, 6) is 1.55. The Balaban J connectivity index is 1.84. The number of piperidine rings is 1. The van der Waals surface area contributed by atoms with E-state index in [1.165, 1.54) is 12.8 Å². The van der Waals surface area contributed by atoms with E-state index in [4.69, 9.17) is 0 Å². The molecule has 1 saturated heterocycles. The predicted molar refractivity (Wildman–Crippen MR) is 92.2 cm³/mol. The largest absolute Gasteiger partial charge is 0.395 e. The quantitative estimate of drug-likeness (QED) is 0.876. The van der Waals surface area contributed by atoms with Crippen molar-refractivity contribution in [3.05, 3.63) is 28.7 Å². The van der Waals surface area contributed by atoms with E-state index in [0.717, 1.165) is 41.1 Å². The maximum atomic E-state index is 9.30. The van der Waals surface area contributed by atoms with Crippen LogP contribution in [0.5, 0.6) is 0 Å². The molecule has 1 aliphatic heterocycles. The molecule has 0 saturated carbocycles. The van der Waals surface area contributed by atoms with Gasteiger partial charge in [0.25, 0.3) is 0 Å². The Labute approximate surface area is 140 Å². The molecule has 3 heterocycles. The van der Waals surface area contributed by atoms with Crippen molar-refractivity contribution in [1.29, 1.82) is 0 Å². The van der Waals surface area contributed by atoms with Crippen molar-refractivity contribution >= 4 is 22.3 Å². The van der Waals surface area contributed by atoms with Crippen molar-refractivity contribution in [1.82, 2.24) is 19.9 Å². The summed E-state index contributed by atoms with van der Waals surface area (Å²) < 4.78 is 0. The lowest BCUT2D eigenvalue weighted by Crippen LogP contribution is -2.36. The predicted octanol–water partition coefficient (Wildman–Crippen LogP) is 2.81. The number of likely N-dealkylation sites (tertiary alicyclic amines) is 1. The molecular formula is C16H23N5OS. The summed E-state index contributed by atoms with van der Waals surface area (Å²) in [7, 11) is 0. The van der Waals surface area contributed by atoms with Gasteiger partial charge in [-0.2, -0.15) is 0 Å². The van der Waals surface area contributed by atoms with Gasteiger partial charge in [0, 0.05) is 18.0 Å². The van der Waals surface area contributed by atoms with E-state index < -0.39 is 0 Å². The maximum Gasteiger partial charge on any atom is 0.188 e. The first-order valence-electron chi connectivity index (χ1n) is 8.05. The molecule has 7 heteroatoms. The fourth-order valence-corrected chi connectivity index (χ4v) is 3.76. The molecule has 0 amide bonds. The van der Waals surface area contributed by atoms with E-state index in [0.29, 0.717) is 6.54 Å². The highest BCUT2D eigenvalue weighted by molar-refractivity contribution is 7.13. The zero-order valence-electron chi connectivity index (χ0n) is 13.6. The molecule has 0 spiro atoms. The third-order valence-corrected chi connectivity index (χ3v) is 4.93. The van der Waals surface area contributed by atoms with Crippen molar-refractivity contribution in [2.75, 3.05) is 25.0 Å². The fourth-order valence-electron chi connectivity index (χ4n) is 3.07. The van der Waals surface area contributed by atoms with Gasteiger partial charge >= 0.3 is 0 Å². The number of aliphatic hydroxyl groups is 1. The van der Waals surface area contributed by atoms with E-state index >= 15 is 0 Å². The molecule has 1 aliphatic rings. The lowest BCUT2D eigenvalue weighted by atomic mass is 9.99. The maximum absolute atomic E-state index is 9.30. The van der Waals surface area contributed by atoms with Gasteiger partial charge in [-0.3, -0.25) is 4.90 Å². The molecule has 2 N–H and O–H groups in total. The molecular weight excluding hydrogens is 310 g/mol. The van der Waals surface area contributed by atoms with Crippen LogP contribution in [0.3, 0.4) is 0 Å². The van der Waals surface area contributed by atoms with Crippen LogP contribution in [0.4, 0.5) is 10.9 Å². The molecule has 0 radical (unpaired) electrons. The fraction of sp³-hybridized carbons (Fsp3) is 0.562. The normalized spacial score (nSPS) is 19.0. The van der Waals surface area contributed by atoms with Crippen LogP contribution < -0.4 is 5.32 Å². The van der Waals surface area contributed by atoms with Gasteiger partial charge in [-0.1, -0.05) is 6.42 Å². The Hall–Kier alpha value is -1.57. The molecule has 124 valence electrons. The Morgan fingerprint density at radius 3 is 2.91 bits per heavy atom. The molecule has 0 bridgehead atoms. The lowest BCUT2D eigenvalue weighted by Gasteiger charge is -2.35. The summed E-state index contributed by atoms with van der Waals surface area (Å²) in [6, 6.07) is 2.28. The van der Waals surface area contributed by atoms with Crippen LogP contribution >= 0.6 is 11.3 Å². The zero-order chi connectivity index (χ0) is 16.2. The first-order valence-corrected chi connectivity index (χ1v) is 8.93. The lowest BCUT2D eigenvalue weighted by molar-refractivity contribution is 0.114. The Bertz CT molecular complexity index is 658. The molecule has 2 aromatic rings. The molecule has 1 fully saturated rings. The number of nitrogens with zero attached hydrogens (tertiary/aromatic N) is 4. The molecule has 3 rings (SSSR count). The minimum atomic E-state index is 0.185. The third-order valence-electron chi connectivity index (χ3n) is 4.05. The first kappa shape index (κ1) is 16.3. The van der Waals surface area contributed by atoms with Crippen molar-refractivity contribution in [2.24, 2.45) is 0 Å². The number of hydrogen-bond acceptors (Lipinski definition) is 7. The minimum absolute atomic E-state index is 0.185. The van der Waals surface area contributed by atoms with Crippen LogP contribution in [0.2, 0.25) is 0 Å². The van der Waals surface area contributed by atoms with E-state index in [1.54, 1.807) is 11.3 Å². The van der Waals surface area contributed by atoms with Crippen molar-refractivity contribution in [2.45, 2.75) is 39.2 Å². The van der Waals surface area contributed by atoms with E-state index in [9.17, 15) is 5.11 Å². The molecule has 6 nitrogen and oxygen atoms in total. The van der Waals surface area contributed by atoms with Gasteiger partial charge in [0.1, 0.15) is 11.6 Å². The van der Waals surface area contributed by atoms with E-state index in [1.807, 2.05) is 25.3 Å². The Morgan fingerprint density at radius 1 is 1.30 bits per heavy atom. The smallest absolute Gasteiger partial charge is 0.188 e. The average molecular weight is 333 g/mol. The highest BCUT2D eigenvalue weighted by atomic mass is 32.1. The molecule has 0 aliphatic carbocycles. The standard InChI is InChI=1S/C16H23N5OS/c1-11-10-23-16(17-11)20-15-9-13(18-12(2)19-15)14-5-3-4-6-21(14)7-8-22/h9-10,14,22H,3-8H2,1-2H3,(H,17,18,19,20)/t14-/m0/s1. The third kappa shape index (κ3) is 4.04. The molecule has 1 atom stereocenters. The summed E-state index contributed by atoms with van der Waals surface area (Å²) >= 11 is 1.57. The topological polar surface area (TPSA) is 74.2 Å². The number of rotatable bonds is 5. The van der Waals surface area contributed by atoms with E-state index in [-0.39, 0.29) is 12.6 Å². The monoisotopic (exact) mass is 333 g/mol. The minimum Gasteiger partial charge on any atom is -0.395 e. The summed E-state index contributed by atoms with van der Waals surface area (Å²) in [5.41, 5.74) is 2.03. The van der Waals surface area contributed by atoms with Crippen LogP contribution in [0, 0.1) is 13.8 Å². The van der Waals surface area contributed by atoms with E-state index in [2.05, 4.69) is 25.2 Å². The second-order valence-electron chi connectivity index (χ2n) is 5.92. The first-order chi connectivity index (χ1) is 11.2. The van der Waals surface area contributed by atoms with Crippen LogP contribution in [0.25, 0.3) is 0 Å². The van der Waals surface area contributed by atoms with Gasteiger partial charge in [0.05, 0.1) is 24.0 Å². The number of β-amino-alcohol motifs (C(OH)–C–C–N with tert-alkyl or cyclic N) is 1. The van der Waals surface area contributed by atoms with Gasteiger partial charge < -0.3 is 10.4 Å². The number of nitrogens with one attached hydrogen (secondary N) is 1. The number of thiazole rings is 1. The molecule has 23 heavy (non-hydrogen) atoms. The molecule has 0 aromatic carbocycles. The summed E-state index contributed by atoms with van der Waals surface area (Å²) in [4.78, 5) is 15.9. The highest BCUT2D eigenvalue weighted by Gasteiger charge is 2.25. The molecule has 0 unspecified atom stereocenters. The zero-order valence-corrected chi connectivity index (χ0v) is 14.4.